The number of nitrogens with two attached hydrogens (primary N) is 1. The second-order valence-electron chi connectivity index (χ2n) is 8.63. The quantitative estimate of drug-likeness (QED) is 0.257. The number of hydrogen-bond acceptors (Lipinski definition) is 5. The van der Waals surface area contributed by atoms with Gasteiger partial charge in [0.1, 0.15) is 0 Å². The van der Waals surface area contributed by atoms with Crippen LogP contribution in [0, 0.1) is 11.3 Å². The Balaban J connectivity index is 5.62. The van der Waals surface area contributed by atoms with Crippen molar-refractivity contribution in [3.8, 4) is 0 Å². The van der Waals surface area contributed by atoms with Gasteiger partial charge >= 0.3 is 5.97 Å². The van der Waals surface area contributed by atoms with E-state index in [1.54, 1.807) is 25.8 Å². The van der Waals surface area contributed by atoms with Gasteiger partial charge in [-0.2, -0.15) is 0 Å². The van der Waals surface area contributed by atoms with E-state index < -0.39 is 6.04 Å². The zero-order valence-electron chi connectivity index (χ0n) is 19.2. The molecule has 6 heteroatoms. The number of nitrogens with one attached hydrogen (secondary N) is 1. The lowest BCUT2D eigenvalue weighted by Gasteiger charge is -2.38. The summed E-state index contributed by atoms with van der Waals surface area (Å²) in [5.41, 5.74) is 6.36. The first-order valence-corrected chi connectivity index (χ1v) is 10.1. The highest BCUT2D eigenvalue weighted by molar-refractivity contribution is 5.88. The molecule has 0 rings (SSSR count). The number of carbonyl (C=O) groups is 2. The molecule has 0 fully saturated rings. The Morgan fingerprint density at radius 1 is 1.25 bits per heavy atom. The van der Waals surface area contributed by atoms with Crippen LogP contribution in [0.5, 0.6) is 0 Å². The highest BCUT2D eigenvalue weighted by Gasteiger charge is 2.36. The van der Waals surface area contributed by atoms with Crippen LogP contribution in [0.3, 0.4) is 0 Å². The smallest absolute Gasteiger partial charge is 0.333 e. The topological polar surface area (TPSA) is 84.7 Å². The Hall–Kier alpha value is -1.66. The van der Waals surface area contributed by atoms with Gasteiger partial charge in [0.2, 0.25) is 5.91 Å². The van der Waals surface area contributed by atoms with Crippen molar-refractivity contribution < 1.29 is 14.3 Å². The SMILES string of the molecule is C/C=C\CC(N)NC(C(=O)N(C)[C@H](/C=C(\C)C(=O)OCC)C(C)C)C(C)(C)C. The maximum atomic E-state index is 13.4. The molecule has 3 atom stereocenters. The van der Waals surface area contributed by atoms with Crippen molar-refractivity contribution in [1.29, 1.82) is 0 Å². The first kappa shape index (κ1) is 26.3. The molecule has 0 spiro atoms. The van der Waals surface area contributed by atoms with Crippen LogP contribution in [-0.4, -0.2) is 48.7 Å². The summed E-state index contributed by atoms with van der Waals surface area (Å²) in [6.45, 7) is 15.9. The Morgan fingerprint density at radius 3 is 2.25 bits per heavy atom. The molecule has 0 aromatic heterocycles. The minimum atomic E-state index is -0.449. The largest absolute Gasteiger partial charge is 0.463 e. The normalized spacial score (nSPS) is 16.2. The van der Waals surface area contributed by atoms with Crippen LogP contribution in [-0.2, 0) is 14.3 Å². The highest BCUT2D eigenvalue weighted by Crippen LogP contribution is 2.24. The van der Waals surface area contributed by atoms with Crippen molar-refractivity contribution in [3.05, 3.63) is 23.8 Å². The van der Waals surface area contributed by atoms with E-state index in [4.69, 9.17) is 10.5 Å². The van der Waals surface area contributed by atoms with Gasteiger partial charge in [0.05, 0.1) is 24.9 Å². The fraction of sp³-hybridized carbons (Fsp3) is 0.727. The molecule has 3 N–H and O–H groups in total. The predicted octanol–water partition coefficient (Wildman–Crippen LogP) is 3.23. The lowest BCUT2D eigenvalue weighted by atomic mass is 9.84. The fourth-order valence-corrected chi connectivity index (χ4v) is 2.93. The number of allylic oxidation sites excluding steroid dienone is 1. The molecule has 28 heavy (non-hydrogen) atoms. The van der Waals surface area contributed by atoms with Crippen molar-refractivity contribution in [2.24, 2.45) is 17.1 Å². The van der Waals surface area contributed by atoms with Gasteiger partial charge in [0.25, 0.3) is 0 Å². The molecule has 2 unspecified atom stereocenters. The lowest BCUT2D eigenvalue weighted by molar-refractivity contribution is -0.139. The molecule has 6 nitrogen and oxygen atoms in total. The van der Waals surface area contributed by atoms with E-state index in [9.17, 15) is 9.59 Å². The van der Waals surface area contributed by atoms with E-state index in [-0.39, 0.29) is 35.4 Å². The van der Waals surface area contributed by atoms with Crippen molar-refractivity contribution in [3.63, 3.8) is 0 Å². The summed E-state index contributed by atoms with van der Waals surface area (Å²) in [7, 11) is 1.78. The summed E-state index contributed by atoms with van der Waals surface area (Å²) in [4.78, 5) is 27.1. The summed E-state index contributed by atoms with van der Waals surface area (Å²) in [5, 5.41) is 3.29. The summed E-state index contributed by atoms with van der Waals surface area (Å²) in [6.07, 6.45) is 6.08. The van der Waals surface area contributed by atoms with Gasteiger partial charge < -0.3 is 15.4 Å². The minimum absolute atomic E-state index is 0.0463. The van der Waals surface area contributed by atoms with E-state index in [0.717, 1.165) is 0 Å². The molecular formula is C22H41N3O3. The summed E-state index contributed by atoms with van der Waals surface area (Å²) < 4.78 is 5.07. The van der Waals surface area contributed by atoms with Gasteiger partial charge in [0, 0.05) is 12.6 Å². The van der Waals surface area contributed by atoms with Crippen LogP contribution in [0.4, 0.5) is 0 Å². The van der Waals surface area contributed by atoms with Gasteiger partial charge in [-0.3, -0.25) is 10.1 Å². The molecule has 0 aliphatic heterocycles. The van der Waals surface area contributed by atoms with E-state index in [1.165, 1.54) is 0 Å². The van der Waals surface area contributed by atoms with Crippen LogP contribution in [0.2, 0.25) is 0 Å². The monoisotopic (exact) mass is 395 g/mol. The van der Waals surface area contributed by atoms with Crippen molar-refractivity contribution >= 4 is 11.9 Å². The Morgan fingerprint density at radius 2 is 1.82 bits per heavy atom. The third kappa shape index (κ3) is 8.57. The number of amides is 1. The first-order chi connectivity index (χ1) is 12.9. The van der Waals surface area contributed by atoms with Crippen LogP contribution in [0.1, 0.15) is 61.8 Å². The second-order valence-corrected chi connectivity index (χ2v) is 8.63. The van der Waals surface area contributed by atoms with Gasteiger partial charge in [-0.1, -0.05) is 52.8 Å². The van der Waals surface area contributed by atoms with Crippen LogP contribution < -0.4 is 11.1 Å². The highest BCUT2D eigenvalue weighted by atomic mass is 16.5. The second kappa shape index (κ2) is 12.0. The Labute approximate surface area is 171 Å². The lowest BCUT2D eigenvalue weighted by Crippen LogP contribution is -2.58. The number of rotatable bonds is 10. The van der Waals surface area contributed by atoms with Crippen molar-refractivity contribution in [2.75, 3.05) is 13.7 Å². The summed E-state index contributed by atoms with van der Waals surface area (Å²) in [6, 6.07) is -0.675. The zero-order chi connectivity index (χ0) is 22.1. The number of ether oxygens (including phenoxy) is 1. The van der Waals surface area contributed by atoms with Gasteiger partial charge in [-0.05, 0) is 38.5 Å². The molecule has 0 saturated heterocycles. The average molecular weight is 396 g/mol. The van der Waals surface area contributed by atoms with Gasteiger partial charge in [-0.15, -0.1) is 0 Å². The van der Waals surface area contributed by atoms with Crippen molar-refractivity contribution in [2.45, 2.75) is 80.1 Å². The molecule has 0 saturated carbocycles. The van der Waals surface area contributed by atoms with E-state index in [2.05, 4.69) is 5.32 Å². The van der Waals surface area contributed by atoms with Gasteiger partial charge in [0.15, 0.2) is 0 Å². The molecule has 0 aromatic rings. The molecule has 0 aliphatic rings. The van der Waals surface area contributed by atoms with E-state index in [0.29, 0.717) is 18.6 Å². The first-order valence-electron chi connectivity index (χ1n) is 10.1. The fourth-order valence-electron chi connectivity index (χ4n) is 2.93. The molecule has 162 valence electrons. The molecule has 0 radical (unpaired) electrons. The number of esters is 1. The van der Waals surface area contributed by atoms with Crippen LogP contribution in [0.25, 0.3) is 0 Å². The Kier molecular flexibility index (Phi) is 11.3. The molecule has 0 aliphatic carbocycles. The van der Waals surface area contributed by atoms with E-state index >= 15 is 0 Å². The van der Waals surface area contributed by atoms with E-state index in [1.807, 2.05) is 59.8 Å². The number of likely N-dealkylation sites (N-methyl/N-ethyl adjacent to an activating group) is 1. The third-order valence-corrected chi connectivity index (χ3v) is 4.62. The van der Waals surface area contributed by atoms with Crippen LogP contribution >= 0.6 is 0 Å². The molecule has 0 aromatic carbocycles. The van der Waals surface area contributed by atoms with Crippen molar-refractivity contribution in [1.82, 2.24) is 10.2 Å². The van der Waals surface area contributed by atoms with Gasteiger partial charge in [-0.25, -0.2) is 4.79 Å². The number of hydrogen-bond donors (Lipinski definition) is 2. The zero-order valence-corrected chi connectivity index (χ0v) is 19.2. The standard InChI is InChI=1S/C22H41N3O3/c1-10-12-13-18(23)24-19(22(6,7)8)20(26)25(9)17(15(3)4)14-16(5)21(27)28-11-2/h10,12,14-15,17-19,24H,11,13,23H2,1-9H3/b12-10-,16-14+/t17-,18?,19?/m1/s1. The summed E-state index contributed by atoms with van der Waals surface area (Å²) >= 11 is 0. The number of carbonyl (C=O) groups excluding carboxylic acids is 2. The average Bonchev–Trinajstić information content (AvgIpc) is 2.59. The molecule has 1 amide bonds. The summed E-state index contributed by atoms with van der Waals surface area (Å²) in [5.74, 6) is -0.265. The molecule has 0 bridgehead atoms. The molecule has 0 heterocycles. The predicted molar refractivity (Wildman–Crippen MR) is 116 cm³/mol. The van der Waals surface area contributed by atoms with Crippen LogP contribution in [0.15, 0.2) is 23.8 Å². The minimum Gasteiger partial charge on any atom is -0.463 e. The molecular weight excluding hydrogens is 354 g/mol. The number of nitrogens with zero attached hydrogens (tertiary/aromatic N) is 1. The maximum absolute atomic E-state index is 13.4. The Bertz CT molecular complexity index is 562. The maximum Gasteiger partial charge on any atom is 0.333 e. The third-order valence-electron chi connectivity index (χ3n) is 4.62.